The van der Waals surface area contributed by atoms with Gasteiger partial charge in [-0.25, -0.2) is 9.97 Å². The van der Waals surface area contributed by atoms with Crippen molar-refractivity contribution in [3.05, 3.63) is 71.5 Å². The van der Waals surface area contributed by atoms with Crippen LogP contribution in [0.3, 0.4) is 0 Å². The van der Waals surface area contributed by atoms with E-state index in [0.29, 0.717) is 28.7 Å². The van der Waals surface area contributed by atoms with Crippen LogP contribution in [-0.4, -0.2) is 50.5 Å². The highest BCUT2D eigenvalue weighted by atomic mass is 35.5. The Balaban J connectivity index is 0.000000505. The predicted octanol–water partition coefficient (Wildman–Crippen LogP) is 5.95. The summed E-state index contributed by atoms with van der Waals surface area (Å²) in [5.74, 6) is 2.24. The van der Waals surface area contributed by atoms with E-state index in [0.717, 1.165) is 49.6 Å². The number of amides is 1. The van der Waals surface area contributed by atoms with Crippen molar-refractivity contribution in [2.45, 2.75) is 52.5 Å². The van der Waals surface area contributed by atoms with E-state index in [1.54, 1.807) is 0 Å². The number of aliphatic hydroxyl groups excluding tert-OH is 1. The zero-order chi connectivity index (χ0) is 29.6. The molecule has 0 radical (unpaired) electrons. The number of nitrogens with zero attached hydrogens (tertiary/aromatic N) is 5. The van der Waals surface area contributed by atoms with Gasteiger partial charge in [-0.2, -0.15) is 9.98 Å². The summed E-state index contributed by atoms with van der Waals surface area (Å²) in [6.07, 6.45) is 6.24. The monoisotopic (exact) mass is 577 g/mol. The molecule has 41 heavy (non-hydrogen) atoms. The Morgan fingerprint density at radius 2 is 1.73 bits per heavy atom. The molecule has 1 amide bonds. The van der Waals surface area contributed by atoms with E-state index in [1.807, 2.05) is 60.7 Å². The van der Waals surface area contributed by atoms with Crippen molar-refractivity contribution < 1.29 is 9.90 Å². The summed E-state index contributed by atoms with van der Waals surface area (Å²) in [4.78, 5) is 28.6. The van der Waals surface area contributed by atoms with Gasteiger partial charge >= 0.3 is 0 Å². The van der Waals surface area contributed by atoms with Gasteiger partial charge in [0.05, 0.1) is 0 Å². The number of fused-ring (bicyclic) bond motifs is 1. The fourth-order valence-electron chi connectivity index (χ4n) is 4.81. The molecule has 0 spiro atoms. The molecule has 0 atom stereocenters. The first-order valence-corrected chi connectivity index (χ1v) is 14.4. The molecule has 218 valence electrons. The third-order valence-electron chi connectivity index (χ3n) is 6.90. The molecule has 1 saturated carbocycles. The lowest BCUT2D eigenvalue weighted by atomic mass is 9.83. The number of aliphatic imine (C=N–C) groups is 1. The second-order valence-electron chi connectivity index (χ2n) is 9.95. The van der Waals surface area contributed by atoms with Crippen LogP contribution in [0.5, 0.6) is 0 Å². The number of halogens is 1. The number of rotatable bonds is 8. The molecule has 1 aliphatic carbocycles. The molecule has 10 heteroatoms. The molecule has 2 aromatic carbocycles. The van der Waals surface area contributed by atoms with Gasteiger partial charge in [-0.3, -0.25) is 4.79 Å². The molecule has 0 unspecified atom stereocenters. The molecule has 4 aromatic rings. The number of anilines is 1. The molecule has 2 aromatic heterocycles. The Hall–Kier alpha value is -3.82. The standard InChI is InChI=1S/C24H30ClN7O.C6H6.CH4O/c1-3-11-27-24-31-22-20(32(24)13-16-9-7-15(2)8-10-16)19(17-5-4-6-18(25)12-17)29-23(30-22)21(26)28-14-33;1-2-4-6-5-3-1;1-2/h4-6,12,14-16H,3,7-11,13H2,1-2H3,(H2,26,28,33)(H,27,29,30,31);1-6H;2H,1H3. The van der Waals surface area contributed by atoms with Crippen LogP contribution >= 0.6 is 11.6 Å². The second-order valence-corrected chi connectivity index (χ2v) is 10.4. The third kappa shape index (κ3) is 8.83. The van der Waals surface area contributed by atoms with Crippen molar-refractivity contribution in [3.8, 4) is 11.3 Å². The molecule has 1 aliphatic rings. The number of benzene rings is 2. The maximum Gasteiger partial charge on any atom is 0.234 e. The number of aromatic nitrogens is 4. The number of nitrogens with one attached hydrogen (secondary N) is 1. The van der Waals surface area contributed by atoms with Gasteiger partial charge in [-0.15, -0.1) is 0 Å². The van der Waals surface area contributed by atoms with Crippen LogP contribution in [0.1, 0.15) is 51.8 Å². The number of amidine groups is 1. The summed E-state index contributed by atoms with van der Waals surface area (Å²) in [5, 5.41) is 11.1. The lowest BCUT2D eigenvalue weighted by molar-refractivity contribution is -0.106. The maximum atomic E-state index is 10.9. The Bertz CT molecular complexity index is 1370. The van der Waals surface area contributed by atoms with Crippen molar-refractivity contribution in [2.75, 3.05) is 19.0 Å². The van der Waals surface area contributed by atoms with Crippen molar-refractivity contribution in [2.24, 2.45) is 22.6 Å². The van der Waals surface area contributed by atoms with Crippen molar-refractivity contribution in [1.82, 2.24) is 19.5 Å². The van der Waals surface area contributed by atoms with E-state index in [1.165, 1.54) is 25.7 Å². The normalized spacial score (nSPS) is 16.7. The zero-order valence-corrected chi connectivity index (χ0v) is 24.8. The van der Waals surface area contributed by atoms with Gasteiger partial charge < -0.3 is 20.7 Å². The van der Waals surface area contributed by atoms with Gasteiger partial charge in [0.25, 0.3) is 0 Å². The van der Waals surface area contributed by atoms with Crippen LogP contribution in [0.15, 0.2) is 65.7 Å². The number of nitrogens with two attached hydrogens (primary N) is 1. The number of carbonyl (C=O) groups excluding carboxylic acids is 1. The third-order valence-corrected chi connectivity index (χ3v) is 7.13. The van der Waals surface area contributed by atoms with E-state index >= 15 is 0 Å². The zero-order valence-electron chi connectivity index (χ0n) is 24.0. The van der Waals surface area contributed by atoms with E-state index in [-0.39, 0.29) is 11.7 Å². The van der Waals surface area contributed by atoms with Gasteiger partial charge in [-0.05, 0) is 43.2 Å². The van der Waals surface area contributed by atoms with E-state index in [2.05, 4.69) is 33.7 Å². The highest BCUT2D eigenvalue weighted by Crippen LogP contribution is 2.34. The first-order chi connectivity index (χ1) is 20.0. The number of hydrogen-bond donors (Lipinski definition) is 3. The smallest absolute Gasteiger partial charge is 0.234 e. The van der Waals surface area contributed by atoms with Crippen molar-refractivity contribution in [1.29, 1.82) is 0 Å². The summed E-state index contributed by atoms with van der Waals surface area (Å²) in [6, 6.07) is 19.5. The minimum Gasteiger partial charge on any atom is -0.400 e. The summed E-state index contributed by atoms with van der Waals surface area (Å²) >= 11 is 6.31. The van der Waals surface area contributed by atoms with Gasteiger partial charge in [-0.1, -0.05) is 86.8 Å². The molecule has 4 N–H and O–H groups in total. The number of hydrogen-bond acceptors (Lipinski definition) is 6. The van der Waals surface area contributed by atoms with Crippen LogP contribution in [-0.2, 0) is 11.3 Å². The van der Waals surface area contributed by atoms with Crippen molar-refractivity contribution in [3.63, 3.8) is 0 Å². The highest BCUT2D eigenvalue weighted by Gasteiger charge is 2.25. The van der Waals surface area contributed by atoms with Gasteiger partial charge in [0.2, 0.25) is 12.4 Å². The van der Waals surface area contributed by atoms with Crippen molar-refractivity contribution >= 4 is 41.0 Å². The summed E-state index contributed by atoms with van der Waals surface area (Å²) < 4.78 is 2.21. The number of imidazole rings is 1. The summed E-state index contributed by atoms with van der Waals surface area (Å²) in [7, 11) is 1.00. The van der Waals surface area contributed by atoms with Gasteiger partial charge in [0.1, 0.15) is 11.2 Å². The number of aliphatic hydroxyl groups is 1. The quantitative estimate of drug-likeness (QED) is 0.134. The largest absolute Gasteiger partial charge is 0.400 e. The molecule has 0 saturated heterocycles. The van der Waals surface area contributed by atoms with Gasteiger partial charge in [0, 0.05) is 30.8 Å². The van der Waals surface area contributed by atoms with Crippen LogP contribution in [0.25, 0.3) is 22.4 Å². The molecule has 1 fully saturated rings. The predicted molar refractivity (Wildman–Crippen MR) is 167 cm³/mol. The van der Waals surface area contributed by atoms with E-state index < -0.39 is 0 Å². The maximum absolute atomic E-state index is 10.9. The molecular formula is C31H40ClN7O2. The average molecular weight is 578 g/mol. The van der Waals surface area contributed by atoms with Crippen LogP contribution in [0.4, 0.5) is 5.95 Å². The lowest BCUT2D eigenvalue weighted by Gasteiger charge is -2.27. The van der Waals surface area contributed by atoms with Crippen LogP contribution in [0.2, 0.25) is 5.02 Å². The molecule has 9 nitrogen and oxygen atoms in total. The second kappa shape index (κ2) is 16.4. The minimum atomic E-state index is -0.0472. The Morgan fingerprint density at radius 3 is 2.32 bits per heavy atom. The first kappa shape index (κ1) is 31.7. The molecule has 5 rings (SSSR count). The molecule has 2 heterocycles. The average Bonchev–Trinajstić information content (AvgIpc) is 3.36. The minimum absolute atomic E-state index is 0.0472. The summed E-state index contributed by atoms with van der Waals surface area (Å²) in [5.41, 5.74) is 8.82. The Labute approximate surface area is 246 Å². The molecular weight excluding hydrogens is 538 g/mol. The topological polar surface area (TPSA) is 131 Å². The SMILES string of the molecule is CCCNc1nc2nc(C(N)=NC=O)nc(-c3cccc(Cl)c3)c2n1CC1CCC(C)CC1.CO.c1ccccc1. The van der Waals surface area contributed by atoms with Crippen LogP contribution < -0.4 is 11.1 Å². The Kier molecular flexibility index (Phi) is 12.7. The fraction of sp³-hybridized carbons (Fsp3) is 0.387. The Morgan fingerprint density at radius 1 is 1.07 bits per heavy atom. The fourth-order valence-corrected chi connectivity index (χ4v) is 5.00. The highest BCUT2D eigenvalue weighted by molar-refractivity contribution is 6.30. The number of carbonyl (C=O) groups is 1. The lowest BCUT2D eigenvalue weighted by Crippen LogP contribution is -2.20. The van der Waals surface area contributed by atoms with Crippen LogP contribution in [0, 0.1) is 11.8 Å². The first-order valence-electron chi connectivity index (χ1n) is 14.0. The van der Waals surface area contributed by atoms with E-state index in [4.69, 9.17) is 32.4 Å². The summed E-state index contributed by atoms with van der Waals surface area (Å²) in [6.45, 7) is 6.08. The molecule has 0 aliphatic heterocycles. The van der Waals surface area contributed by atoms with E-state index in [9.17, 15) is 4.79 Å². The van der Waals surface area contributed by atoms with Gasteiger partial charge in [0.15, 0.2) is 17.3 Å². The molecule has 0 bridgehead atoms.